The van der Waals surface area contributed by atoms with Crippen LogP contribution in [0.1, 0.15) is 22.3 Å². The second kappa shape index (κ2) is 7.08. The standard InChI is InChI=1S/C17H20O3/c1-19-11-14-9-16(18)10-15(12-20-2)17(14)8-13-6-4-3-5-7-13/h3-7,9-10,18H,8,11-12H2,1-2H3. The fraction of sp³-hybridized carbons (Fsp3) is 0.294. The van der Waals surface area contributed by atoms with Crippen LogP contribution in [0.2, 0.25) is 0 Å². The molecular formula is C17H20O3. The van der Waals surface area contributed by atoms with Crippen molar-refractivity contribution in [3.05, 3.63) is 64.7 Å². The molecule has 0 radical (unpaired) electrons. The van der Waals surface area contributed by atoms with E-state index in [-0.39, 0.29) is 5.75 Å². The number of rotatable bonds is 6. The highest BCUT2D eigenvalue weighted by atomic mass is 16.5. The molecule has 0 bridgehead atoms. The number of aromatic hydroxyl groups is 1. The van der Waals surface area contributed by atoms with Gasteiger partial charge in [0.05, 0.1) is 13.2 Å². The lowest BCUT2D eigenvalue weighted by Crippen LogP contribution is -2.04. The van der Waals surface area contributed by atoms with Crippen molar-refractivity contribution in [1.29, 1.82) is 0 Å². The van der Waals surface area contributed by atoms with Gasteiger partial charge in [-0.05, 0) is 40.8 Å². The predicted octanol–water partition coefficient (Wildman–Crippen LogP) is 3.28. The van der Waals surface area contributed by atoms with Gasteiger partial charge < -0.3 is 14.6 Å². The third-order valence-electron chi connectivity index (χ3n) is 3.24. The van der Waals surface area contributed by atoms with Gasteiger partial charge in [0.25, 0.3) is 0 Å². The van der Waals surface area contributed by atoms with Gasteiger partial charge in [0.1, 0.15) is 5.75 Å². The maximum atomic E-state index is 9.83. The maximum absolute atomic E-state index is 9.83. The first kappa shape index (κ1) is 14.6. The molecule has 0 aliphatic rings. The summed E-state index contributed by atoms with van der Waals surface area (Å²) in [5, 5.41) is 9.83. The summed E-state index contributed by atoms with van der Waals surface area (Å²) in [6.45, 7) is 0.959. The van der Waals surface area contributed by atoms with E-state index in [9.17, 15) is 5.11 Å². The molecule has 0 saturated heterocycles. The van der Waals surface area contributed by atoms with E-state index >= 15 is 0 Å². The van der Waals surface area contributed by atoms with Crippen molar-refractivity contribution in [2.75, 3.05) is 14.2 Å². The molecule has 0 amide bonds. The van der Waals surface area contributed by atoms with Crippen molar-refractivity contribution in [2.45, 2.75) is 19.6 Å². The summed E-state index contributed by atoms with van der Waals surface area (Å²) in [5.41, 5.74) is 4.40. The molecular weight excluding hydrogens is 252 g/mol. The molecule has 3 heteroatoms. The van der Waals surface area contributed by atoms with Crippen LogP contribution in [0.4, 0.5) is 0 Å². The Morgan fingerprint density at radius 3 is 1.95 bits per heavy atom. The zero-order chi connectivity index (χ0) is 14.4. The van der Waals surface area contributed by atoms with Crippen LogP contribution in [0.25, 0.3) is 0 Å². The van der Waals surface area contributed by atoms with Gasteiger partial charge in [-0.2, -0.15) is 0 Å². The van der Waals surface area contributed by atoms with Crippen molar-refractivity contribution in [2.24, 2.45) is 0 Å². The molecule has 0 unspecified atom stereocenters. The molecule has 3 nitrogen and oxygen atoms in total. The van der Waals surface area contributed by atoms with Crippen molar-refractivity contribution in [3.63, 3.8) is 0 Å². The van der Waals surface area contributed by atoms with E-state index in [0.29, 0.717) is 13.2 Å². The molecule has 0 aliphatic heterocycles. The molecule has 0 aromatic heterocycles. The lowest BCUT2D eigenvalue weighted by atomic mass is 9.95. The molecule has 0 aliphatic carbocycles. The van der Waals surface area contributed by atoms with Gasteiger partial charge in [-0.25, -0.2) is 0 Å². The zero-order valence-corrected chi connectivity index (χ0v) is 11.9. The highest BCUT2D eigenvalue weighted by Crippen LogP contribution is 2.26. The van der Waals surface area contributed by atoms with Gasteiger partial charge in [-0.3, -0.25) is 0 Å². The topological polar surface area (TPSA) is 38.7 Å². The highest BCUT2D eigenvalue weighted by molar-refractivity contribution is 5.44. The summed E-state index contributed by atoms with van der Waals surface area (Å²) in [7, 11) is 3.32. The van der Waals surface area contributed by atoms with E-state index in [1.165, 1.54) is 5.56 Å². The Hall–Kier alpha value is -1.84. The summed E-state index contributed by atoms with van der Waals surface area (Å²) < 4.78 is 10.5. The summed E-state index contributed by atoms with van der Waals surface area (Å²) >= 11 is 0. The third-order valence-corrected chi connectivity index (χ3v) is 3.24. The van der Waals surface area contributed by atoms with Gasteiger partial charge in [0.15, 0.2) is 0 Å². The average molecular weight is 272 g/mol. The maximum Gasteiger partial charge on any atom is 0.116 e. The van der Waals surface area contributed by atoms with Crippen LogP contribution in [-0.4, -0.2) is 19.3 Å². The SMILES string of the molecule is COCc1cc(O)cc(COC)c1Cc1ccccc1. The predicted molar refractivity (Wildman–Crippen MR) is 78.8 cm³/mol. The average Bonchev–Trinajstić information content (AvgIpc) is 2.44. The van der Waals surface area contributed by atoms with Crippen LogP contribution in [0.15, 0.2) is 42.5 Å². The molecule has 0 saturated carbocycles. The largest absolute Gasteiger partial charge is 0.508 e. The first-order valence-corrected chi connectivity index (χ1v) is 6.60. The molecule has 0 heterocycles. The second-order valence-corrected chi connectivity index (χ2v) is 4.77. The number of phenols is 1. The molecule has 2 aromatic carbocycles. The Morgan fingerprint density at radius 2 is 1.45 bits per heavy atom. The summed E-state index contributed by atoms with van der Waals surface area (Å²) in [6, 6.07) is 13.8. The molecule has 2 rings (SSSR count). The molecule has 0 atom stereocenters. The molecule has 106 valence electrons. The van der Waals surface area contributed by atoms with Gasteiger partial charge in [-0.15, -0.1) is 0 Å². The van der Waals surface area contributed by atoms with Gasteiger partial charge in [0.2, 0.25) is 0 Å². The van der Waals surface area contributed by atoms with Gasteiger partial charge in [0, 0.05) is 14.2 Å². The highest BCUT2D eigenvalue weighted by Gasteiger charge is 2.11. The van der Waals surface area contributed by atoms with Crippen molar-refractivity contribution in [1.82, 2.24) is 0 Å². The van der Waals surface area contributed by atoms with Crippen LogP contribution in [-0.2, 0) is 29.1 Å². The van der Waals surface area contributed by atoms with Gasteiger partial charge >= 0.3 is 0 Å². The second-order valence-electron chi connectivity index (χ2n) is 4.77. The zero-order valence-electron chi connectivity index (χ0n) is 11.9. The Bertz CT molecular complexity index is 522. The van der Waals surface area contributed by atoms with Crippen LogP contribution < -0.4 is 0 Å². The van der Waals surface area contributed by atoms with E-state index in [4.69, 9.17) is 9.47 Å². The van der Waals surface area contributed by atoms with Crippen molar-refractivity contribution in [3.8, 4) is 5.75 Å². The lowest BCUT2D eigenvalue weighted by Gasteiger charge is -2.15. The lowest BCUT2D eigenvalue weighted by molar-refractivity contribution is 0.178. The third kappa shape index (κ3) is 3.59. The number of methoxy groups -OCH3 is 2. The minimum atomic E-state index is 0.251. The molecule has 20 heavy (non-hydrogen) atoms. The van der Waals surface area contributed by atoms with Crippen LogP contribution in [0.5, 0.6) is 5.75 Å². The van der Waals surface area contributed by atoms with Crippen molar-refractivity contribution >= 4 is 0 Å². The Balaban J connectivity index is 2.41. The minimum Gasteiger partial charge on any atom is -0.508 e. The minimum absolute atomic E-state index is 0.251. The van der Waals surface area contributed by atoms with E-state index < -0.39 is 0 Å². The van der Waals surface area contributed by atoms with E-state index in [1.807, 2.05) is 18.2 Å². The molecule has 0 spiro atoms. The first-order valence-electron chi connectivity index (χ1n) is 6.60. The fourth-order valence-electron chi connectivity index (χ4n) is 2.37. The van der Waals surface area contributed by atoms with E-state index in [2.05, 4.69) is 12.1 Å². The summed E-state index contributed by atoms with van der Waals surface area (Å²) in [5.74, 6) is 0.251. The quantitative estimate of drug-likeness (QED) is 0.877. The normalized spacial score (nSPS) is 10.7. The molecule has 1 N–H and O–H groups in total. The smallest absolute Gasteiger partial charge is 0.116 e. The Morgan fingerprint density at radius 1 is 0.900 bits per heavy atom. The Kier molecular flexibility index (Phi) is 5.16. The number of hydrogen-bond acceptors (Lipinski definition) is 3. The number of hydrogen-bond donors (Lipinski definition) is 1. The van der Waals surface area contributed by atoms with E-state index in [0.717, 1.165) is 23.1 Å². The van der Waals surface area contributed by atoms with E-state index in [1.54, 1.807) is 26.4 Å². The van der Waals surface area contributed by atoms with Gasteiger partial charge in [-0.1, -0.05) is 30.3 Å². The van der Waals surface area contributed by atoms with Crippen LogP contribution in [0.3, 0.4) is 0 Å². The Labute approximate surface area is 119 Å². The number of ether oxygens (including phenoxy) is 2. The van der Waals surface area contributed by atoms with Crippen molar-refractivity contribution < 1.29 is 14.6 Å². The summed E-state index contributed by atoms with van der Waals surface area (Å²) in [4.78, 5) is 0. The monoisotopic (exact) mass is 272 g/mol. The number of phenolic OH excluding ortho intramolecular Hbond substituents is 1. The molecule has 2 aromatic rings. The molecule has 0 fully saturated rings. The fourth-order valence-corrected chi connectivity index (χ4v) is 2.37. The summed E-state index contributed by atoms with van der Waals surface area (Å²) in [6.07, 6.45) is 0.804. The number of benzene rings is 2. The van der Waals surface area contributed by atoms with Crippen LogP contribution >= 0.6 is 0 Å². The van der Waals surface area contributed by atoms with Crippen LogP contribution in [0, 0.1) is 0 Å². The first-order chi connectivity index (χ1) is 9.74.